The zero-order valence-electron chi connectivity index (χ0n) is 9.86. The molecule has 2 N–H and O–H groups in total. The first kappa shape index (κ1) is 13.1. The smallest absolute Gasteiger partial charge is 0.250 e. The van der Waals surface area contributed by atoms with Crippen LogP contribution in [0.15, 0.2) is 18.2 Å². The zero-order valence-corrected chi connectivity index (χ0v) is 10.6. The van der Waals surface area contributed by atoms with Gasteiger partial charge in [-0.1, -0.05) is 17.7 Å². The molecule has 1 fully saturated rings. The first-order valence-electron chi connectivity index (χ1n) is 5.74. The van der Waals surface area contributed by atoms with Crippen molar-refractivity contribution in [1.29, 1.82) is 0 Å². The van der Waals surface area contributed by atoms with E-state index in [-0.39, 0.29) is 0 Å². The minimum absolute atomic E-state index is 0.452. The Hall–Kier alpha value is -1.30. The number of hydrogen-bond acceptors (Lipinski definition) is 4. The number of morpholine rings is 1. The van der Waals surface area contributed by atoms with E-state index in [0.29, 0.717) is 23.9 Å². The molecule has 1 aliphatic heterocycles. The lowest BCUT2D eigenvalue weighted by Gasteiger charge is -2.31. The van der Waals surface area contributed by atoms with Gasteiger partial charge in [0.2, 0.25) is 5.91 Å². The Kier molecular flexibility index (Phi) is 4.41. The topological polar surface area (TPSA) is 61.8 Å². The van der Waals surface area contributed by atoms with Crippen LogP contribution in [0.4, 0.5) is 11.4 Å². The quantitative estimate of drug-likeness (QED) is 0.864. The number of carbonyl (C=O) groups excluding carboxylic acids is 1. The number of benzene rings is 1. The Bertz CT molecular complexity index is 433. The fourth-order valence-corrected chi connectivity index (χ4v) is 2.21. The average Bonchev–Trinajstić information content (AvgIpc) is 2.40. The van der Waals surface area contributed by atoms with E-state index in [1.54, 1.807) is 18.2 Å². The summed E-state index contributed by atoms with van der Waals surface area (Å²) in [5.74, 6) is -0.452. The molecule has 1 aliphatic rings. The van der Waals surface area contributed by atoms with Crippen molar-refractivity contribution in [2.24, 2.45) is 0 Å². The SMILES string of the molecule is O=C(CO)Nc1cccc(Cl)c1N1CCOCC1. The van der Waals surface area contributed by atoms with E-state index >= 15 is 0 Å². The van der Waals surface area contributed by atoms with Gasteiger partial charge in [-0.15, -0.1) is 0 Å². The minimum Gasteiger partial charge on any atom is -0.387 e. The summed E-state index contributed by atoms with van der Waals surface area (Å²) >= 11 is 6.19. The van der Waals surface area contributed by atoms with E-state index in [2.05, 4.69) is 10.2 Å². The van der Waals surface area contributed by atoms with Gasteiger partial charge in [-0.2, -0.15) is 0 Å². The lowest BCUT2D eigenvalue weighted by molar-refractivity contribution is -0.118. The van der Waals surface area contributed by atoms with Crippen LogP contribution >= 0.6 is 11.6 Å². The van der Waals surface area contributed by atoms with E-state index in [1.165, 1.54) is 0 Å². The van der Waals surface area contributed by atoms with Crippen LogP contribution in [-0.2, 0) is 9.53 Å². The molecule has 0 unspecified atom stereocenters. The number of nitrogens with one attached hydrogen (secondary N) is 1. The lowest BCUT2D eigenvalue weighted by Crippen LogP contribution is -2.37. The van der Waals surface area contributed by atoms with Crippen molar-refractivity contribution in [1.82, 2.24) is 0 Å². The summed E-state index contributed by atoms with van der Waals surface area (Å²) in [5, 5.41) is 12.0. The minimum atomic E-state index is -0.547. The fraction of sp³-hybridized carbons (Fsp3) is 0.417. The number of carbonyl (C=O) groups is 1. The number of nitrogens with zero attached hydrogens (tertiary/aromatic N) is 1. The van der Waals surface area contributed by atoms with Crippen LogP contribution in [0, 0.1) is 0 Å². The number of para-hydroxylation sites is 1. The molecule has 1 aromatic carbocycles. The van der Waals surface area contributed by atoms with Gasteiger partial charge in [0.1, 0.15) is 6.61 Å². The number of anilines is 2. The molecule has 18 heavy (non-hydrogen) atoms. The van der Waals surface area contributed by atoms with Crippen molar-refractivity contribution in [2.75, 3.05) is 43.1 Å². The molecule has 0 radical (unpaired) electrons. The highest BCUT2D eigenvalue weighted by molar-refractivity contribution is 6.34. The Morgan fingerprint density at radius 2 is 2.17 bits per heavy atom. The van der Waals surface area contributed by atoms with Crippen LogP contribution in [0.5, 0.6) is 0 Å². The van der Waals surface area contributed by atoms with E-state index in [0.717, 1.165) is 18.8 Å². The Morgan fingerprint density at radius 3 is 2.83 bits per heavy atom. The molecule has 1 saturated heterocycles. The Labute approximate surface area is 110 Å². The van der Waals surface area contributed by atoms with Crippen molar-refractivity contribution >= 4 is 28.9 Å². The molecule has 0 aromatic heterocycles. The number of aliphatic hydroxyl groups excluding tert-OH is 1. The van der Waals surface area contributed by atoms with Crippen molar-refractivity contribution in [3.05, 3.63) is 23.2 Å². The Morgan fingerprint density at radius 1 is 1.44 bits per heavy atom. The van der Waals surface area contributed by atoms with Crippen LogP contribution in [0.1, 0.15) is 0 Å². The fourth-order valence-electron chi connectivity index (χ4n) is 1.91. The monoisotopic (exact) mass is 270 g/mol. The molecule has 1 heterocycles. The summed E-state index contributed by atoms with van der Waals surface area (Å²) in [6, 6.07) is 5.31. The summed E-state index contributed by atoms with van der Waals surface area (Å²) in [6.07, 6.45) is 0. The van der Waals surface area contributed by atoms with E-state index in [9.17, 15) is 4.79 Å². The molecule has 0 aliphatic carbocycles. The predicted octanol–water partition coefficient (Wildman–Crippen LogP) is 1.11. The van der Waals surface area contributed by atoms with Gasteiger partial charge in [-0.05, 0) is 12.1 Å². The number of amides is 1. The molecule has 6 heteroatoms. The van der Waals surface area contributed by atoms with Crippen LogP contribution in [-0.4, -0.2) is 43.9 Å². The number of ether oxygens (including phenoxy) is 1. The summed E-state index contributed by atoms with van der Waals surface area (Å²) in [7, 11) is 0. The van der Waals surface area contributed by atoms with Gasteiger partial charge < -0.3 is 20.1 Å². The average molecular weight is 271 g/mol. The predicted molar refractivity (Wildman–Crippen MR) is 70.2 cm³/mol. The molecule has 2 rings (SSSR count). The first-order chi connectivity index (χ1) is 8.72. The lowest BCUT2D eigenvalue weighted by atomic mass is 10.2. The summed E-state index contributed by atoms with van der Waals surface area (Å²) in [6.45, 7) is 2.18. The van der Waals surface area contributed by atoms with E-state index in [4.69, 9.17) is 21.4 Å². The third-order valence-corrected chi connectivity index (χ3v) is 3.04. The number of aliphatic hydroxyl groups is 1. The zero-order chi connectivity index (χ0) is 13.0. The van der Waals surface area contributed by atoms with Crippen molar-refractivity contribution in [3.8, 4) is 0 Å². The van der Waals surface area contributed by atoms with E-state index < -0.39 is 12.5 Å². The molecular formula is C12H15ClN2O3. The molecule has 1 amide bonds. The van der Waals surface area contributed by atoms with Gasteiger partial charge in [-0.25, -0.2) is 0 Å². The highest BCUT2D eigenvalue weighted by Crippen LogP contribution is 2.34. The third kappa shape index (κ3) is 2.93. The van der Waals surface area contributed by atoms with Crippen LogP contribution in [0.25, 0.3) is 0 Å². The van der Waals surface area contributed by atoms with Crippen molar-refractivity contribution < 1.29 is 14.6 Å². The summed E-state index contributed by atoms with van der Waals surface area (Å²) < 4.78 is 5.29. The standard InChI is InChI=1S/C12H15ClN2O3/c13-9-2-1-3-10(14-11(17)8-16)12(9)15-4-6-18-7-5-15/h1-3,16H,4-8H2,(H,14,17). The number of hydrogen-bond donors (Lipinski definition) is 2. The first-order valence-corrected chi connectivity index (χ1v) is 6.12. The van der Waals surface area contributed by atoms with E-state index in [1.807, 2.05) is 0 Å². The Balaban J connectivity index is 2.28. The molecule has 0 atom stereocenters. The molecule has 0 bridgehead atoms. The van der Waals surface area contributed by atoms with Crippen LogP contribution in [0.2, 0.25) is 5.02 Å². The van der Waals surface area contributed by atoms with Gasteiger partial charge in [0.15, 0.2) is 0 Å². The van der Waals surface area contributed by atoms with Crippen LogP contribution in [0.3, 0.4) is 0 Å². The number of rotatable bonds is 3. The van der Waals surface area contributed by atoms with Gasteiger partial charge in [0.25, 0.3) is 0 Å². The molecule has 0 saturated carbocycles. The highest BCUT2D eigenvalue weighted by Gasteiger charge is 2.18. The van der Waals surface area contributed by atoms with Crippen molar-refractivity contribution in [3.63, 3.8) is 0 Å². The second kappa shape index (κ2) is 6.04. The molecular weight excluding hydrogens is 256 g/mol. The second-order valence-corrected chi connectivity index (χ2v) is 4.35. The van der Waals surface area contributed by atoms with Gasteiger partial charge in [0.05, 0.1) is 29.6 Å². The number of halogens is 1. The van der Waals surface area contributed by atoms with Crippen molar-refractivity contribution in [2.45, 2.75) is 0 Å². The summed E-state index contributed by atoms with van der Waals surface area (Å²) in [4.78, 5) is 13.3. The maximum absolute atomic E-state index is 11.3. The highest BCUT2D eigenvalue weighted by atomic mass is 35.5. The largest absolute Gasteiger partial charge is 0.387 e. The molecule has 0 spiro atoms. The van der Waals surface area contributed by atoms with Gasteiger partial charge in [-0.3, -0.25) is 4.79 Å². The van der Waals surface area contributed by atoms with Gasteiger partial charge in [0, 0.05) is 13.1 Å². The normalized spacial score (nSPS) is 15.6. The molecule has 5 nitrogen and oxygen atoms in total. The molecule has 1 aromatic rings. The second-order valence-electron chi connectivity index (χ2n) is 3.94. The molecule has 98 valence electrons. The third-order valence-electron chi connectivity index (χ3n) is 2.73. The summed E-state index contributed by atoms with van der Waals surface area (Å²) in [5.41, 5.74) is 1.40. The maximum atomic E-state index is 11.3. The van der Waals surface area contributed by atoms with Crippen LogP contribution < -0.4 is 10.2 Å². The maximum Gasteiger partial charge on any atom is 0.250 e. The van der Waals surface area contributed by atoms with Gasteiger partial charge >= 0.3 is 0 Å².